The summed E-state index contributed by atoms with van der Waals surface area (Å²) in [7, 11) is 0. The van der Waals surface area contributed by atoms with Gasteiger partial charge in [0.1, 0.15) is 22.8 Å². The summed E-state index contributed by atoms with van der Waals surface area (Å²) in [5, 5.41) is 3.36. The van der Waals surface area contributed by atoms with E-state index >= 15 is 0 Å². The van der Waals surface area contributed by atoms with E-state index in [2.05, 4.69) is 24.1 Å². The van der Waals surface area contributed by atoms with Crippen molar-refractivity contribution < 1.29 is 23.9 Å². The molecule has 0 aromatic carbocycles. The zero-order chi connectivity index (χ0) is 31.9. The summed E-state index contributed by atoms with van der Waals surface area (Å²) in [6.07, 6.45) is 3.62. The molecule has 1 N–H and O–H groups in total. The number of nitrogens with one attached hydrogen (secondary N) is 1. The first-order chi connectivity index (χ1) is 20.1. The molecule has 43 heavy (non-hydrogen) atoms. The summed E-state index contributed by atoms with van der Waals surface area (Å²) in [5.74, 6) is 1.47. The summed E-state index contributed by atoms with van der Waals surface area (Å²) in [5.41, 5.74) is -0.593. The van der Waals surface area contributed by atoms with Gasteiger partial charge in [-0.3, -0.25) is 9.59 Å². The first kappa shape index (κ1) is 34.9. The fraction of sp³-hybridized carbons (Fsp3) is 0.774. The second kappa shape index (κ2) is 14.9. The van der Waals surface area contributed by atoms with E-state index in [9.17, 15) is 14.4 Å². The molecule has 2 saturated heterocycles. The summed E-state index contributed by atoms with van der Waals surface area (Å²) >= 11 is 1.71. The van der Waals surface area contributed by atoms with Crippen molar-refractivity contribution in [1.29, 1.82) is 0 Å². The third kappa shape index (κ3) is 9.96. The highest BCUT2D eigenvalue weighted by molar-refractivity contribution is 7.98. The van der Waals surface area contributed by atoms with Crippen molar-refractivity contribution in [3.05, 3.63) is 17.6 Å². The van der Waals surface area contributed by atoms with Crippen LogP contribution in [0.1, 0.15) is 78.0 Å². The molecular weight excluding hydrogens is 568 g/mol. The zero-order valence-electron chi connectivity index (χ0n) is 27.6. The maximum Gasteiger partial charge on any atom is 0.410 e. The number of rotatable bonds is 9. The molecule has 242 valence electrons. The van der Waals surface area contributed by atoms with Crippen molar-refractivity contribution in [2.24, 2.45) is 11.8 Å². The number of anilines is 1. The molecule has 3 heterocycles. The Hall–Kier alpha value is -2.60. The SMILES string of the molecule is CSCCNc1nc(C(C)(C)C)ncc1C(=O)N(CC(C)C)[C@H]1C[C@@H](C(=O)N2CCOCC2)CN(C(=O)OC(C)(C)C)C1. The first-order valence-electron chi connectivity index (χ1n) is 15.4. The van der Waals surface area contributed by atoms with Gasteiger partial charge in [-0.15, -0.1) is 0 Å². The summed E-state index contributed by atoms with van der Waals surface area (Å²) < 4.78 is 11.2. The van der Waals surface area contributed by atoms with Gasteiger partial charge in [-0.2, -0.15) is 11.8 Å². The highest BCUT2D eigenvalue weighted by Crippen LogP contribution is 2.29. The van der Waals surface area contributed by atoms with Gasteiger partial charge >= 0.3 is 6.09 Å². The lowest BCUT2D eigenvalue weighted by atomic mass is 9.91. The number of carbonyl (C=O) groups excluding carboxylic acids is 3. The fourth-order valence-electron chi connectivity index (χ4n) is 5.25. The van der Waals surface area contributed by atoms with Crippen LogP contribution in [0.5, 0.6) is 0 Å². The normalized spacial score (nSPS) is 19.8. The van der Waals surface area contributed by atoms with Gasteiger partial charge in [-0.25, -0.2) is 14.8 Å². The Balaban J connectivity index is 2.00. The van der Waals surface area contributed by atoms with Gasteiger partial charge in [-0.1, -0.05) is 34.6 Å². The molecule has 0 aliphatic carbocycles. The van der Waals surface area contributed by atoms with E-state index < -0.39 is 23.7 Å². The molecule has 2 fully saturated rings. The molecule has 1 aromatic heterocycles. The Kier molecular flexibility index (Phi) is 12.1. The molecule has 2 aliphatic rings. The number of ether oxygens (including phenoxy) is 2. The van der Waals surface area contributed by atoms with Gasteiger partial charge in [0.25, 0.3) is 5.91 Å². The zero-order valence-corrected chi connectivity index (χ0v) is 28.4. The first-order valence-corrected chi connectivity index (χ1v) is 16.8. The number of nitrogens with zero attached hydrogens (tertiary/aromatic N) is 5. The van der Waals surface area contributed by atoms with E-state index in [1.165, 1.54) is 0 Å². The van der Waals surface area contributed by atoms with Gasteiger partial charge in [0.05, 0.1) is 25.2 Å². The van der Waals surface area contributed by atoms with Crippen LogP contribution in [-0.2, 0) is 19.7 Å². The Morgan fingerprint density at radius 1 is 1.12 bits per heavy atom. The standard InChI is InChI=1S/C31H52N6O5S/c1-21(2)18-37(27(39)24-17-33-28(30(3,4)5)34-25(24)32-10-15-43-9)23-16-22(26(38)35-11-13-41-14-12-35)19-36(20-23)29(40)42-31(6,7)8/h17,21-23H,10-16,18-20H2,1-9H3,(H,32,33,34)/t22-,23+/m1/s1. The fourth-order valence-corrected chi connectivity index (χ4v) is 5.55. The Morgan fingerprint density at radius 2 is 1.79 bits per heavy atom. The van der Waals surface area contributed by atoms with E-state index in [0.717, 1.165) is 5.75 Å². The van der Waals surface area contributed by atoms with Crippen LogP contribution in [-0.4, -0.2) is 119 Å². The predicted molar refractivity (Wildman–Crippen MR) is 171 cm³/mol. The lowest BCUT2D eigenvalue weighted by molar-refractivity contribution is -0.142. The van der Waals surface area contributed by atoms with E-state index in [1.54, 1.807) is 22.9 Å². The molecule has 12 heteroatoms. The third-order valence-corrected chi connectivity index (χ3v) is 7.92. The van der Waals surface area contributed by atoms with Crippen molar-refractivity contribution in [1.82, 2.24) is 24.7 Å². The van der Waals surface area contributed by atoms with E-state index in [-0.39, 0.29) is 36.2 Å². The van der Waals surface area contributed by atoms with Crippen LogP contribution < -0.4 is 5.32 Å². The van der Waals surface area contributed by atoms with Gasteiger partial charge in [0, 0.05) is 56.6 Å². The lowest BCUT2D eigenvalue weighted by Crippen LogP contribution is -2.58. The average Bonchev–Trinajstić information content (AvgIpc) is 2.94. The Bertz CT molecular complexity index is 1110. The molecule has 0 saturated carbocycles. The Morgan fingerprint density at radius 3 is 2.37 bits per heavy atom. The minimum atomic E-state index is -0.690. The van der Waals surface area contributed by atoms with Crippen molar-refractivity contribution in [2.45, 2.75) is 78.9 Å². The summed E-state index contributed by atoms with van der Waals surface area (Å²) in [6.45, 7) is 19.4. The number of amides is 3. The highest BCUT2D eigenvalue weighted by Gasteiger charge is 2.41. The number of hydrogen-bond donors (Lipinski definition) is 1. The lowest BCUT2D eigenvalue weighted by Gasteiger charge is -2.44. The molecule has 11 nitrogen and oxygen atoms in total. The van der Waals surface area contributed by atoms with Gasteiger partial charge < -0.3 is 29.5 Å². The van der Waals surface area contributed by atoms with Gasteiger partial charge in [0.15, 0.2) is 0 Å². The molecule has 0 radical (unpaired) electrons. The number of carbonyl (C=O) groups is 3. The van der Waals surface area contributed by atoms with E-state index in [0.29, 0.717) is 63.0 Å². The van der Waals surface area contributed by atoms with E-state index in [4.69, 9.17) is 14.5 Å². The average molecular weight is 621 g/mol. The van der Waals surface area contributed by atoms with Crippen molar-refractivity contribution in [3.8, 4) is 0 Å². The van der Waals surface area contributed by atoms with Crippen LogP contribution in [0, 0.1) is 11.8 Å². The molecule has 2 aliphatic heterocycles. The molecule has 0 unspecified atom stereocenters. The number of hydrogen-bond acceptors (Lipinski definition) is 9. The second-order valence-corrected chi connectivity index (χ2v) is 14.9. The molecule has 0 spiro atoms. The summed E-state index contributed by atoms with van der Waals surface area (Å²) in [4.78, 5) is 56.1. The van der Waals surface area contributed by atoms with Gasteiger partial charge in [-0.05, 0) is 39.4 Å². The van der Waals surface area contributed by atoms with Crippen LogP contribution in [0.15, 0.2) is 6.20 Å². The number of aromatic nitrogens is 2. The molecule has 2 atom stereocenters. The van der Waals surface area contributed by atoms with Crippen LogP contribution in [0.4, 0.5) is 10.6 Å². The largest absolute Gasteiger partial charge is 0.444 e. The van der Waals surface area contributed by atoms with Crippen molar-refractivity contribution in [3.63, 3.8) is 0 Å². The smallest absolute Gasteiger partial charge is 0.410 e. The molecule has 1 aromatic rings. The molecular formula is C31H52N6O5S. The molecule has 3 amide bonds. The minimum absolute atomic E-state index is 0.0178. The maximum absolute atomic E-state index is 14.4. The summed E-state index contributed by atoms with van der Waals surface area (Å²) in [6, 6.07) is -0.396. The number of thioether (sulfide) groups is 1. The van der Waals surface area contributed by atoms with Crippen molar-refractivity contribution in [2.75, 3.05) is 69.8 Å². The highest BCUT2D eigenvalue weighted by atomic mass is 32.2. The van der Waals surface area contributed by atoms with Crippen molar-refractivity contribution >= 4 is 35.5 Å². The van der Waals surface area contributed by atoms with Crippen LogP contribution in [0.3, 0.4) is 0 Å². The Labute approximate surface area is 261 Å². The molecule has 0 bridgehead atoms. The third-order valence-electron chi connectivity index (χ3n) is 7.30. The molecule has 3 rings (SSSR count). The van der Waals surface area contributed by atoms with Crippen LogP contribution in [0.25, 0.3) is 0 Å². The second-order valence-electron chi connectivity index (χ2n) is 13.9. The topological polar surface area (TPSA) is 117 Å². The van der Waals surface area contributed by atoms with Gasteiger partial charge in [0.2, 0.25) is 5.91 Å². The number of likely N-dealkylation sites (tertiary alicyclic amines) is 1. The monoisotopic (exact) mass is 620 g/mol. The maximum atomic E-state index is 14.4. The van der Waals surface area contributed by atoms with Crippen LogP contribution >= 0.6 is 11.8 Å². The predicted octanol–water partition coefficient (Wildman–Crippen LogP) is 4.13. The van der Waals surface area contributed by atoms with E-state index in [1.807, 2.05) is 57.6 Å². The number of morpholine rings is 1. The quantitative estimate of drug-likeness (QED) is 0.407. The van der Waals surface area contributed by atoms with Crippen LogP contribution in [0.2, 0.25) is 0 Å². The minimum Gasteiger partial charge on any atom is -0.444 e. The number of piperidine rings is 1.